The molecular formula is C8H17NO2S. The Bertz CT molecular complexity index is 102. The summed E-state index contributed by atoms with van der Waals surface area (Å²) in [6.07, 6.45) is 2.41. The molecule has 1 saturated heterocycles. The molecule has 0 aromatic rings. The average molecular weight is 191 g/mol. The molecule has 12 heavy (non-hydrogen) atoms. The first kappa shape index (κ1) is 10.3. The molecule has 72 valence electrons. The fourth-order valence-electron chi connectivity index (χ4n) is 1.34. The van der Waals surface area contributed by atoms with Crippen LogP contribution in [0.5, 0.6) is 0 Å². The fourth-order valence-corrected chi connectivity index (χ4v) is 1.42. The minimum Gasteiger partial charge on any atom is -0.380 e. The molecule has 0 saturated carbocycles. The highest BCUT2D eigenvalue weighted by Gasteiger charge is 2.06. The summed E-state index contributed by atoms with van der Waals surface area (Å²) < 4.78 is 10.1. The van der Waals surface area contributed by atoms with Gasteiger partial charge >= 0.3 is 0 Å². The van der Waals surface area contributed by atoms with Gasteiger partial charge in [0.15, 0.2) is 0 Å². The number of hydrogen-bond donors (Lipinski definition) is 1. The second-order valence-corrected chi connectivity index (χ2v) is 3.25. The van der Waals surface area contributed by atoms with E-state index in [1.54, 1.807) is 0 Å². The second kappa shape index (κ2) is 6.71. The summed E-state index contributed by atoms with van der Waals surface area (Å²) in [7, 11) is 0. The second-order valence-electron chi connectivity index (χ2n) is 2.99. The van der Waals surface area contributed by atoms with Gasteiger partial charge in [0, 0.05) is 19.7 Å². The van der Waals surface area contributed by atoms with Crippen molar-refractivity contribution in [3.05, 3.63) is 0 Å². The van der Waals surface area contributed by atoms with Crippen molar-refractivity contribution in [2.45, 2.75) is 12.8 Å². The van der Waals surface area contributed by atoms with E-state index in [-0.39, 0.29) is 0 Å². The lowest BCUT2D eigenvalue weighted by Crippen LogP contribution is -2.33. The van der Waals surface area contributed by atoms with E-state index in [0.29, 0.717) is 6.61 Å². The topological polar surface area (TPSA) is 21.7 Å². The van der Waals surface area contributed by atoms with Crippen LogP contribution in [0.4, 0.5) is 0 Å². The predicted octanol–water partition coefficient (Wildman–Crippen LogP) is 0.960. The van der Waals surface area contributed by atoms with E-state index < -0.39 is 0 Å². The van der Waals surface area contributed by atoms with Crippen molar-refractivity contribution in [1.29, 1.82) is 0 Å². The van der Waals surface area contributed by atoms with Crippen LogP contribution in [-0.4, -0.2) is 44.4 Å². The minimum atomic E-state index is 0.698. The molecular weight excluding hydrogens is 174 g/mol. The Balaban J connectivity index is 2.11. The van der Waals surface area contributed by atoms with E-state index in [1.807, 2.05) is 0 Å². The first-order valence-corrected chi connectivity index (χ1v) is 4.86. The smallest absolute Gasteiger partial charge is 0.0737 e. The summed E-state index contributed by atoms with van der Waals surface area (Å²) >= 11 is 3.71. The van der Waals surface area contributed by atoms with Crippen molar-refractivity contribution in [3.63, 3.8) is 0 Å². The molecule has 0 unspecified atom stereocenters. The van der Waals surface area contributed by atoms with Crippen LogP contribution < -0.4 is 0 Å². The third-order valence-corrected chi connectivity index (χ3v) is 2.25. The lowest BCUT2D eigenvalue weighted by Gasteiger charge is -2.23. The van der Waals surface area contributed by atoms with Gasteiger partial charge < -0.3 is 8.92 Å². The summed E-state index contributed by atoms with van der Waals surface area (Å²) in [6, 6.07) is 0. The lowest BCUT2D eigenvalue weighted by atomic mass is 10.3. The molecule has 0 atom stereocenters. The normalized spacial score (nSPS) is 21.8. The summed E-state index contributed by atoms with van der Waals surface area (Å²) in [5, 5.41) is 0. The first-order chi connectivity index (χ1) is 5.93. The van der Waals surface area contributed by atoms with E-state index in [4.69, 9.17) is 8.92 Å². The number of ether oxygens (including phenoxy) is 1. The molecule has 0 N–H and O–H groups in total. The molecule has 1 rings (SSSR count). The van der Waals surface area contributed by atoms with Crippen LogP contribution in [0.1, 0.15) is 12.8 Å². The molecule has 4 heteroatoms. The van der Waals surface area contributed by atoms with Crippen molar-refractivity contribution in [1.82, 2.24) is 4.90 Å². The van der Waals surface area contributed by atoms with Gasteiger partial charge in [0.1, 0.15) is 0 Å². The molecule has 0 bridgehead atoms. The Morgan fingerprint density at radius 1 is 1.25 bits per heavy atom. The van der Waals surface area contributed by atoms with Crippen molar-refractivity contribution in [2.75, 3.05) is 39.5 Å². The summed E-state index contributed by atoms with van der Waals surface area (Å²) in [4.78, 5) is 2.36. The van der Waals surface area contributed by atoms with E-state index in [9.17, 15) is 0 Å². The van der Waals surface area contributed by atoms with Gasteiger partial charge in [-0.1, -0.05) is 0 Å². The summed E-state index contributed by atoms with van der Waals surface area (Å²) in [5.41, 5.74) is 0. The number of rotatable bonds is 3. The highest BCUT2D eigenvalue weighted by atomic mass is 32.1. The SMILES string of the molecule is SOCCN1CCCCOCC1. The first-order valence-electron chi connectivity index (χ1n) is 4.50. The van der Waals surface area contributed by atoms with Gasteiger partial charge in [0.2, 0.25) is 0 Å². The summed E-state index contributed by atoms with van der Waals surface area (Å²) in [5.74, 6) is 0. The zero-order valence-electron chi connectivity index (χ0n) is 7.37. The predicted molar refractivity (Wildman–Crippen MR) is 51.4 cm³/mol. The van der Waals surface area contributed by atoms with Gasteiger partial charge in [0.25, 0.3) is 0 Å². The van der Waals surface area contributed by atoms with Crippen LogP contribution in [0.15, 0.2) is 0 Å². The van der Waals surface area contributed by atoms with Crippen LogP contribution in [0.2, 0.25) is 0 Å². The molecule has 0 radical (unpaired) electrons. The molecule has 0 aromatic heterocycles. The van der Waals surface area contributed by atoms with Crippen molar-refractivity contribution >= 4 is 12.9 Å². The number of nitrogens with zero attached hydrogens (tertiary/aromatic N) is 1. The lowest BCUT2D eigenvalue weighted by molar-refractivity contribution is 0.0764. The van der Waals surface area contributed by atoms with Crippen LogP contribution >= 0.6 is 12.9 Å². The number of thiol groups is 1. The molecule has 1 aliphatic rings. The maximum Gasteiger partial charge on any atom is 0.0737 e. The van der Waals surface area contributed by atoms with Gasteiger partial charge in [-0.3, -0.25) is 4.90 Å². The maximum absolute atomic E-state index is 5.38. The van der Waals surface area contributed by atoms with Crippen molar-refractivity contribution in [2.24, 2.45) is 0 Å². The maximum atomic E-state index is 5.38. The van der Waals surface area contributed by atoms with E-state index >= 15 is 0 Å². The van der Waals surface area contributed by atoms with Gasteiger partial charge in [-0.05, 0) is 32.3 Å². The Morgan fingerprint density at radius 2 is 2.17 bits per heavy atom. The van der Waals surface area contributed by atoms with Crippen molar-refractivity contribution < 1.29 is 8.92 Å². The fraction of sp³-hybridized carbons (Fsp3) is 1.00. The average Bonchev–Trinajstić information content (AvgIpc) is 2.02. The van der Waals surface area contributed by atoms with Gasteiger partial charge in [-0.2, -0.15) is 0 Å². The molecule has 1 fully saturated rings. The number of hydrogen-bond acceptors (Lipinski definition) is 4. The molecule has 1 aliphatic heterocycles. The summed E-state index contributed by atoms with van der Waals surface area (Å²) in [6.45, 7) is 5.64. The van der Waals surface area contributed by atoms with Crippen molar-refractivity contribution in [3.8, 4) is 0 Å². The zero-order valence-corrected chi connectivity index (χ0v) is 8.26. The largest absolute Gasteiger partial charge is 0.380 e. The van der Waals surface area contributed by atoms with E-state index in [0.717, 1.165) is 26.3 Å². The molecule has 0 aromatic carbocycles. The zero-order chi connectivity index (χ0) is 8.65. The molecule has 1 heterocycles. The quantitative estimate of drug-likeness (QED) is 0.530. The monoisotopic (exact) mass is 191 g/mol. The molecule has 0 aliphatic carbocycles. The van der Waals surface area contributed by atoms with Gasteiger partial charge in [0.05, 0.1) is 13.2 Å². The molecule has 3 nitrogen and oxygen atoms in total. The minimum absolute atomic E-state index is 0.698. The van der Waals surface area contributed by atoms with Crippen LogP contribution in [0.3, 0.4) is 0 Å². The Kier molecular flexibility index (Phi) is 5.77. The van der Waals surface area contributed by atoms with Gasteiger partial charge in [-0.25, -0.2) is 0 Å². The van der Waals surface area contributed by atoms with E-state index in [2.05, 4.69) is 17.8 Å². The Labute approximate surface area is 79.6 Å². The highest BCUT2D eigenvalue weighted by Crippen LogP contribution is 2.00. The Hall–Kier alpha value is 0.230. The standard InChI is InChI=1S/C8H17NO2S/c12-11-8-5-9-3-1-2-6-10-7-4-9/h12H,1-8H2. The molecule has 0 amide bonds. The van der Waals surface area contributed by atoms with Crippen LogP contribution in [-0.2, 0) is 8.92 Å². The highest BCUT2D eigenvalue weighted by molar-refractivity contribution is 7.75. The van der Waals surface area contributed by atoms with Crippen LogP contribution in [0.25, 0.3) is 0 Å². The van der Waals surface area contributed by atoms with Gasteiger partial charge in [-0.15, -0.1) is 0 Å². The third-order valence-electron chi connectivity index (χ3n) is 2.06. The van der Waals surface area contributed by atoms with E-state index in [1.165, 1.54) is 19.4 Å². The third kappa shape index (κ3) is 4.30. The van der Waals surface area contributed by atoms with Crippen LogP contribution in [0, 0.1) is 0 Å². The Morgan fingerprint density at radius 3 is 3.00 bits per heavy atom. The molecule has 0 spiro atoms.